The number of hydrogen-bond acceptors (Lipinski definition) is 2. The third kappa shape index (κ3) is 7.66. The summed E-state index contributed by atoms with van der Waals surface area (Å²) < 4.78 is 14.5. The van der Waals surface area contributed by atoms with E-state index in [1.807, 2.05) is 75.4 Å². The van der Waals surface area contributed by atoms with Gasteiger partial charge in [-0.05, 0) is 36.1 Å². The summed E-state index contributed by atoms with van der Waals surface area (Å²) in [5.74, 6) is -0.873. The molecule has 0 aromatic heterocycles. The van der Waals surface area contributed by atoms with Gasteiger partial charge in [-0.3, -0.25) is 9.59 Å². The van der Waals surface area contributed by atoms with Gasteiger partial charge in [0.1, 0.15) is 11.9 Å². The first-order valence-corrected chi connectivity index (χ1v) is 12.2. The van der Waals surface area contributed by atoms with Gasteiger partial charge < -0.3 is 10.2 Å². The monoisotopic (exact) mass is 494 g/mol. The lowest BCUT2D eigenvalue weighted by atomic mass is 10.0. The number of amides is 2. The van der Waals surface area contributed by atoms with E-state index in [1.165, 1.54) is 12.1 Å². The molecule has 2 amide bonds. The summed E-state index contributed by atoms with van der Waals surface area (Å²) >= 11 is 6.23. The molecule has 4 nitrogen and oxygen atoms in total. The van der Waals surface area contributed by atoms with Gasteiger partial charge in [-0.15, -0.1) is 0 Å². The molecular weight excluding hydrogens is 463 g/mol. The number of rotatable bonds is 10. The Morgan fingerprint density at radius 3 is 2.31 bits per heavy atom. The van der Waals surface area contributed by atoms with Gasteiger partial charge in [0.05, 0.1) is 6.42 Å². The van der Waals surface area contributed by atoms with Crippen molar-refractivity contribution in [2.24, 2.45) is 5.92 Å². The molecule has 0 saturated heterocycles. The van der Waals surface area contributed by atoms with Crippen LogP contribution in [-0.2, 0) is 29.0 Å². The van der Waals surface area contributed by atoms with Crippen LogP contribution >= 0.6 is 11.6 Å². The lowest BCUT2D eigenvalue weighted by Crippen LogP contribution is -2.51. The SMILES string of the molecule is Cc1cccc(CN(C(=O)Cc2c(F)cccc2Cl)[C@H](Cc2ccccc2)C(=O)NCC(C)C)c1. The van der Waals surface area contributed by atoms with E-state index >= 15 is 0 Å². The van der Waals surface area contributed by atoms with Crippen molar-refractivity contribution in [2.45, 2.75) is 46.2 Å². The van der Waals surface area contributed by atoms with Crippen molar-refractivity contribution in [2.75, 3.05) is 6.54 Å². The molecule has 0 aliphatic rings. The standard InChI is InChI=1S/C29H32ClFN2O2/c1-20(2)18-32-29(35)27(16-22-10-5-4-6-11-22)33(19-23-12-7-9-21(3)15-23)28(34)17-24-25(30)13-8-14-26(24)31/h4-15,20,27H,16-19H2,1-3H3,(H,32,35)/t27-/m1/s1. The van der Waals surface area contributed by atoms with Crippen molar-refractivity contribution >= 4 is 23.4 Å². The summed E-state index contributed by atoms with van der Waals surface area (Å²) in [5.41, 5.74) is 3.02. The number of aryl methyl sites for hydroxylation is 1. The van der Waals surface area contributed by atoms with Crippen LogP contribution in [0.4, 0.5) is 4.39 Å². The fourth-order valence-electron chi connectivity index (χ4n) is 3.94. The molecule has 0 fully saturated rings. The highest BCUT2D eigenvalue weighted by molar-refractivity contribution is 6.31. The highest BCUT2D eigenvalue weighted by Gasteiger charge is 2.31. The minimum Gasteiger partial charge on any atom is -0.354 e. The Bertz CT molecular complexity index is 1130. The molecule has 0 heterocycles. The average molecular weight is 495 g/mol. The Morgan fingerprint density at radius 2 is 1.66 bits per heavy atom. The van der Waals surface area contributed by atoms with Crippen LogP contribution in [0.2, 0.25) is 5.02 Å². The van der Waals surface area contributed by atoms with E-state index in [9.17, 15) is 14.0 Å². The number of halogens is 2. The van der Waals surface area contributed by atoms with Gasteiger partial charge in [-0.1, -0.05) is 91.7 Å². The second-order valence-electron chi connectivity index (χ2n) is 9.23. The van der Waals surface area contributed by atoms with Crippen LogP contribution in [0.3, 0.4) is 0 Å². The van der Waals surface area contributed by atoms with E-state index in [1.54, 1.807) is 11.0 Å². The molecule has 0 aliphatic carbocycles. The third-order valence-corrected chi connectivity index (χ3v) is 6.13. The van der Waals surface area contributed by atoms with Crippen molar-refractivity contribution in [3.05, 3.63) is 106 Å². The third-order valence-electron chi connectivity index (χ3n) is 5.78. The van der Waals surface area contributed by atoms with Gasteiger partial charge in [0.2, 0.25) is 11.8 Å². The van der Waals surface area contributed by atoms with Crippen molar-refractivity contribution in [3.8, 4) is 0 Å². The highest BCUT2D eigenvalue weighted by atomic mass is 35.5. The maximum atomic E-state index is 14.5. The van der Waals surface area contributed by atoms with Gasteiger partial charge in [0.15, 0.2) is 0 Å². The topological polar surface area (TPSA) is 49.4 Å². The number of nitrogens with one attached hydrogen (secondary N) is 1. The predicted octanol–water partition coefficient (Wildman–Crippen LogP) is 5.74. The maximum Gasteiger partial charge on any atom is 0.243 e. The van der Waals surface area contributed by atoms with Crippen molar-refractivity contribution in [1.29, 1.82) is 0 Å². The van der Waals surface area contributed by atoms with Gasteiger partial charge in [0, 0.05) is 30.1 Å². The largest absolute Gasteiger partial charge is 0.354 e. The quantitative estimate of drug-likeness (QED) is 0.390. The molecule has 0 bridgehead atoms. The molecule has 1 N–H and O–H groups in total. The van der Waals surface area contributed by atoms with E-state index in [0.717, 1.165) is 16.7 Å². The summed E-state index contributed by atoms with van der Waals surface area (Å²) in [5, 5.41) is 3.18. The van der Waals surface area contributed by atoms with Crippen molar-refractivity contribution in [1.82, 2.24) is 10.2 Å². The first-order valence-electron chi connectivity index (χ1n) is 11.8. The predicted molar refractivity (Wildman–Crippen MR) is 139 cm³/mol. The van der Waals surface area contributed by atoms with E-state index in [2.05, 4.69) is 5.32 Å². The summed E-state index contributed by atoms with van der Waals surface area (Å²) in [4.78, 5) is 28.7. The number of hydrogen-bond donors (Lipinski definition) is 1. The fraction of sp³-hybridized carbons (Fsp3) is 0.310. The van der Waals surface area contributed by atoms with E-state index < -0.39 is 11.9 Å². The molecule has 6 heteroatoms. The van der Waals surface area contributed by atoms with E-state index in [4.69, 9.17) is 11.6 Å². The molecule has 3 aromatic rings. The van der Waals surface area contributed by atoms with Crippen LogP contribution in [0.5, 0.6) is 0 Å². The lowest BCUT2D eigenvalue weighted by molar-refractivity contribution is -0.140. The summed E-state index contributed by atoms with van der Waals surface area (Å²) in [6.45, 7) is 6.73. The summed E-state index contributed by atoms with van der Waals surface area (Å²) in [6, 6.07) is 21.0. The zero-order valence-electron chi connectivity index (χ0n) is 20.4. The van der Waals surface area contributed by atoms with Crippen LogP contribution in [0, 0.1) is 18.7 Å². The van der Waals surface area contributed by atoms with Crippen molar-refractivity contribution in [3.63, 3.8) is 0 Å². The molecule has 3 rings (SSSR count). The molecule has 0 radical (unpaired) electrons. The highest BCUT2D eigenvalue weighted by Crippen LogP contribution is 2.22. The van der Waals surface area contributed by atoms with Crippen LogP contribution < -0.4 is 5.32 Å². The molecule has 0 spiro atoms. The van der Waals surface area contributed by atoms with Gasteiger partial charge in [-0.2, -0.15) is 0 Å². The molecule has 0 aliphatic heterocycles. The zero-order valence-corrected chi connectivity index (χ0v) is 21.2. The first kappa shape index (κ1) is 26.4. The molecular formula is C29H32ClFN2O2. The number of benzene rings is 3. The molecule has 0 unspecified atom stereocenters. The number of carbonyl (C=O) groups excluding carboxylic acids is 2. The Hall–Kier alpha value is -3.18. The summed E-state index contributed by atoms with van der Waals surface area (Å²) in [7, 11) is 0. The smallest absolute Gasteiger partial charge is 0.243 e. The fourth-order valence-corrected chi connectivity index (χ4v) is 4.17. The second kappa shape index (κ2) is 12.5. The zero-order chi connectivity index (χ0) is 25.4. The van der Waals surface area contributed by atoms with Gasteiger partial charge in [-0.25, -0.2) is 4.39 Å². The Kier molecular flexibility index (Phi) is 9.44. The summed E-state index contributed by atoms with van der Waals surface area (Å²) in [6.07, 6.45) is 0.105. The minimum absolute atomic E-state index is 0.134. The van der Waals surface area contributed by atoms with E-state index in [0.29, 0.717) is 13.0 Å². The van der Waals surface area contributed by atoms with Gasteiger partial charge >= 0.3 is 0 Å². The molecule has 3 aromatic carbocycles. The van der Waals surface area contributed by atoms with E-state index in [-0.39, 0.29) is 41.3 Å². The number of carbonyl (C=O) groups is 2. The molecule has 1 atom stereocenters. The second-order valence-corrected chi connectivity index (χ2v) is 9.64. The van der Waals surface area contributed by atoms with Crippen LogP contribution in [0.1, 0.15) is 36.1 Å². The normalized spacial score (nSPS) is 11.8. The lowest BCUT2D eigenvalue weighted by Gasteiger charge is -2.32. The maximum absolute atomic E-state index is 14.5. The minimum atomic E-state index is -0.769. The average Bonchev–Trinajstić information content (AvgIpc) is 2.82. The van der Waals surface area contributed by atoms with Crippen LogP contribution in [0.25, 0.3) is 0 Å². The van der Waals surface area contributed by atoms with Gasteiger partial charge in [0.25, 0.3) is 0 Å². The molecule has 184 valence electrons. The van der Waals surface area contributed by atoms with Crippen LogP contribution in [-0.4, -0.2) is 29.3 Å². The van der Waals surface area contributed by atoms with Crippen LogP contribution in [0.15, 0.2) is 72.8 Å². The number of nitrogens with zero attached hydrogens (tertiary/aromatic N) is 1. The Labute approximate surface area is 212 Å². The van der Waals surface area contributed by atoms with Crippen molar-refractivity contribution < 1.29 is 14.0 Å². The Balaban J connectivity index is 2.00. The first-order chi connectivity index (χ1) is 16.7. The molecule has 0 saturated carbocycles. The Morgan fingerprint density at radius 1 is 0.971 bits per heavy atom. The molecule has 35 heavy (non-hydrogen) atoms.